The largest absolute Gasteiger partial charge is 0.487 e. The fraction of sp³-hybridized carbons (Fsp3) is 0.0833. The molecule has 3 aromatic rings. The number of aryl methyl sites for hydroxylation is 1. The standard InChI is InChI=1S/C24H16I2N2O5/c1-14-5-7-17(8-6-14)23-27-21(24(29)33-23)12-16-10-19(25)22(20(26)11-16)32-13-15-3-2-4-18(9-15)28(30)31/h2-12H,13H2,1H3/b21-12-. The molecule has 0 aliphatic carbocycles. The highest BCUT2D eigenvalue weighted by Crippen LogP contribution is 2.31. The Hall–Kier alpha value is -2.80. The molecule has 1 heterocycles. The first-order valence-corrected chi connectivity index (χ1v) is 11.9. The van der Waals surface area contributed by atoms with Crippen LogP contribution in [-0.4, -0.2) is 16.8 Å². The van der Waals surface area contributed by atoms with E-state index < -0.39 is 10.9 Å². The van der Waals surface area contributed by atoms with Crippen molar-refractivity contribution in [1.29, 1.82) is 0 Å². The number of carbonyl (C=O) groups excluding carboxylic acids is 1. The van der Waals surface area contributed by atoms with Gasteiger partial charge in [0, 0.05) is 17.7 Å². The molecule has 9 heteroatoms. The van der Waals surface area contributed by atoms with E-state index in [2.05, 4.69) is 50.2 Å². The molecular formula is C24H16I2N2O5. The number of aliphatic imine (C=N–C) groups is 1. The molecule has 0 bridgehead atoms. The maximum atomic E-state index is 12.3. The van der Waals surface area contributed by atoms with Gasteiger partial charge in [0.05, 0.1) is 12.1 Å². The van der Waals surface area contributed by atoms with Crippen LogP contribution in [-0.2, 0) is 16.1 Å². The number of nitro groups is 1. The van der Waals surface area contributed by atoms with Gasteiger partial charge in [0.25, 0.3) is 5.69 Å². The Morgan fingerprint density at radius 3 is 2.45 bits per heavy atom. The summed E-state index contributed by atoms with van der Waals surface area (Å²) in [5.74, 6) is 0.455. The molecule has 0 saturated carbocycles. The monoisotopic (exact) mass is 666 g/mol. The van der Waals surface area contributed by atoms with Gasteiger partial charge in [0.1, 0.15) is 12.4 Å². The van der Waals surface area contributed by atoms with Gasteiger partial charge < -0.3 is 9.47 Å². The Morgan fingerprint density at radius 1 is 1.09 bits per heavy atom. The molecule has 0 aromatic heterocycles. The maximum Gasteiger partial charge on any atom is 0.363 e. The Kier molecular flexibility index (Phi) is 7.08. The van der Waals surface area contributed by atoms with Gasteiger partial charge in [-0.25, -0.2) is 9.79 Å². The first-order valence-electron chi connectivity index (χ1n) is 9.75. The van der Waals surface area contributed by atoms with E-state index in [0.29, 0.717) is 11.3 Å². The molecule has 0 radical (unpaired) electrons. The number of hydrogen-bond acceptors (Lipinski definition) is 6. The van der Waals surface area contributed by atoms with Crippen molar-refractivity contribution in [3.63, 3.8) is 0 Å². The van der Waals surface area contributed by atoms with Crippen LogP contribution in [0.15, 0.2) is 71.4 Å². The SMILES string of the molecule is Cc1ccc(C2=N/C(=C\c3cc(I)c(OCc4cccc([N+](=O)[O-])c4)c(I)c3)C(=O)O2)cc1. The number of nitro benzene ring substituents is 1. The second-order valence-corrected chi connectivity index (χ2v) is 9.56. The van der Waals surface area contributed by atoms with Crippen molar-refractivity contribution in [2.75, 3.05) is 0 Å². The molecule has 1 aliphatic heterocycles. The van der Waals surface area contributed by atoms with Gasteiger partial charge in [-0.1, -0.05) is 29.8 Å². The fourth-order valence-electron chi connectivity index (χ4n) is 3.10. The second-order valence-electron chi connectivity index (χ2n) is 7.23. The average Bonchev–Trinajstić information content (AvgIpc) is 3.14. The molecule has 0 atom stereocenters. The zero-order valence-corrected chi connectivity index (χ0v) is 21.6. The Morgan fingerprint density at radius 2 is 1.79 bits per heavy atom. The third-order valence-electron chi connectivity index (χ3n) is 4.75. The summed E-state index contributed by atoms with van der Waals surface area (Å²) in [4.78, 5) is 27.2. The van der Waals surface area contributed by atoms with Gasteiger partial charge in [0.2, 0.25) is 5.90 Å². The van der Waals surface area contributed by atoms with Crippen LogP contribution in [0.1, 0.15) is 22.3 Å². The lowest BCUT2D eigenvalue weighted by Gasteiger charge is -2.11. The molecule has 33 heavy (non-hydrogen) atoms. The number of cyclic esters (lactones) is 1. The van der Waals surface area contributed by atoms with Gasteiger partial charge in [-0.15, -0.1) is 0 Å². The first kappa shape index (κ1) is 23.4. The molecule has 1 aliphatic rings. The van der Waals surface area contributed by atoms with Crippen molar-refractivity contribution in [2.24, 2.45) is 4.99 Å². The predicted octanol–water partition coefficient (Wildman–Crippen LogP) is 6.04. The van der Waals surface area contributed by atoms with Gasteiger partial charge >= 0.3 is 5.97 Å². The highest BCUT2D eigenvalue weighted by molar-refractivity contribution is 14.1. The quantitative estimate of drug-likeness (QED) is 0.105. The summed E-state index contributed by atoms with van der Waals surface area (Å²) in [6.07, 6.45) is 1.68. The highest BCUT2D eigenvalue weighted by atomic mass is 127. The number of ether oxygens (including phenoxy) is 2. The van der Waals surface area contributed by atoms with Crippen LogP contribution < -0.4 is 4.74 Å². The number of halogens is 2. The minimum atomic E-state index is -0.499. The molecule has 0 spiro atoms. The van der Waals surface area contributed by atoms with E-state index in [0.717, 1.165) is 23.8 Å². The van der Waals surface area contributed by atoms with Crippen LogP contribution in [0.5, 0.6) is 5.75 Å². The van der Waals surface area contributed by atoms with Crippen LogP contribution in [0.2, 0.25) is 0 Å². The molecule has 0 unspecified atom stereocenters. The molecule has 166 valence electrons. The van der Waals surface area contributed by atoms with Crippen molar-refractivity contribution >= 4 is 68.8 Å². The van der Waals surface area contributed by atoms with Gasteiger partial charge in [0.15, 0.2) is 5.70 Å². The zero-order chi connectivity index (χ0) is 23.5. The van der Waals surface area contributed by atoms with Crippen LogP contribution in [0.3, 0.4) is 0 Å². The van der Waals surface area contributed by atoms with E-state index in [4.69, 9.17) is 9.47 Å². The van der Waals surface area contributed by atoms with Crippen molar-refractivity contribution in [1.82, 2.24) is 0 Å². The summed E-state index contributed by atoms with van der Waals surface area (Å²) in [5.41, 5.74) is 3.59. The number of esters is 1. The molecule has 0 N–H and O–H groups in total. The number of nitrogens with zero attached hydrogens (tertiary/aromatic N) is 2. The van der Waals surface area contributed by atoms with E-state index in [1.807, 2.05) is 43.3 Å². The lowest BCUT2D eigenvalue weighted by atomic mass is 10.1. The smallest absolute Gasteiger partial charge is 0.363 e. The molecule has 0 amide bonds. The summed E-state index contributed by atoms with van der Waals surface area (Å²) in [6.45, 7) is 2.18. The van der Waals surface area contributed by atoms with Crippen molar-refractivity contribution < 1.29 is 19.2 Å². The van der Waals surface area contributed by atoms with Crippen molar-refractivity contribution in [3.8, 4) is 5.75 Å². The van der Waals surface area contributed by atoms with E-state index >= 15 is 0 Å². The van der Waals surface area contributed by atoms with Gasteiger partial charge in [-0.2, -0.15) is 0 Å². The van der Waals surface area contributed by atoms with Gasteiger partial charge in [-0.05, 0) is 93.6 Å². The van der Waals surface area contributed by atoms with Crippen LogP contribution in [0.25, 0.3) is 6.08 Å². The summed E-state index contributed by atoms with van der Waals surface area (Å²) in [5, 5.41) is 11.0. The van der Waals surface area contributed by atoms with Crippen LogP contribution in [0, 0.1) is 24.2 Å². The lowest BCUT2D eigenvalue weighted by Crippen LogP contribution is -2.05. The van der Waals surface area contributed by atoms with Crippen molar-refractivity contribution in [3.05, 3.63) is 106 Å². The molecule has 0 saturated heterocycles. The lowest BCUT2D eigenvalue weighted by molar-refractivity contribution is -0.384. The summed E-state index contributed by atoms with van der Waals surface area (Å²) >= 11 is 4.32. The third-order valence-corrected chi connectivity index (χ3v) is 6.35. The fourth-order valence-corrected chi connectivity index (χ4v) is 5.23. The van der Waals surface area contributed by atoms with Crippen LogP contribution >= 0.6 is 45.2 Å². The number of hydrogen-bond donors (Lipinski definition) is 0. The van der Waals surface area contributed by atoms with E-state index in [1.54, 1.807) is 18.2 Å². The molecule has 3 aromatic carbocycles. The Labute approximate surface area is 217 Å². The van der Waals surface area contributed by atoms with Crippen molar-refractivity contribution in [2.45, 2.75) is 13.5 Å². The normalized spacial score (nSPS) is 14.2. The minimum absolute atomic E-state index is 0.0245. The topological polar surface area (TPSA) is 91.0 Å². The molecule has 4 rings (SSSR count). The Balaban J connectivity index is 1.54. The molecule has 0 fully saturated rings. The van der Waals surface area contributed by atoms with Crippen LogP contribution in [0.4, 0.5) is 5.69 Å². The zero-order valence-electron chi connectivity index (χ0n) is 17.2. The highest BCUT2D eigenvalue weighted by Gasteiger charge is 2.24. The second kappa shape index (κ2) is 10.00. The third kappa shape index (κ3) is 5.58. The molecular weight excluding hydrogens is 650 g/mol. The summed E-state index contributed by atoms with van der Waals surface area (Å²) < 4.78 is 13.0. The van der Waals surface area contributed by atoms with Gasteiger partial charge in [-0.3, -0.25) is 10.1 Å². The van der Waals surface area contributed by atoms with E-state index in [1.165, 1.54) is 12.1 Å². The Bertz CT molecular complexity index is 1290. The number of benzene rings is 3. The number of rotatable bonds is 6. The van der Waals surface area contributed by atoms with E-state index in [9.17, 15) is 14.9 Å². The minimum Gasteiger partial charge on any atom is -0.487 e. The average molecular weight is 666 g/mol. The first-order chi connectivity index (χ1) is 15.8. The van der Waals surface area contributed by atoms with E-state index in [-0.39, 0.29) is 23.9 Å². The number of non-ortho nitro benzene ring substituents is 1. The summed E-state index contributed by atoms with van der Waals surface area (Å²) in [7, 11) is 0. The molecule has 7 nitrogen and oxygen atoms in total. The summed E-state index contributed by atoms with van der Waals surface area (Å²) in [6, 6.07) is 17.7. The number of carbonyl (C=O) groups is 1. The predicted molar refractivity (Wildman–Crippen MR) is 141 cm³/mol. The maximum absolute atomic E-state index is 12.3.